The highest BCUT2D eigenvalue weighted by molar-refractivity contribution is 7.87. The molecule has 0 aliphatic carbocycles. The minimum atomic E-state index is -3.43. The predicted octanol–water partition coefficient (Wildman–Crippen LogP) is -1.09. The Labute approximate surface area is 114 Å². The summed E-state index contributed by atoms with van der Waals surface area (Å²) < 4.78 is 39.1. The minimum absolute atomic E-state index is 0.196. The van der Waals surface area contributed by atoms with Crippen LogP contribution >= 0.6 is 0 Å². The van der Waals surface area contributed by atoms with Crippen molar-refractivity contribution < 1.29 is 17.9 Å². The molecule has 7 nitrogen and oxygen atoms in total. The Morgan fingerprint density at radius 1 is 1.37 bits per heavy atom. The highest BCUT2D eigenvalue weighted by Gasteiger charge is 2.29. The summed E-state index contributed by atoms with van der Waals surface area (Å²) in [5.41, 5.74) is 5.62. The van der Waals surface area contributed by atoms with Gasteiger partial charge in [-0.05, 0) is 25.3 Å². The van der Waals surface area contributed by atoms with Crippen molar-refractivity contribution in [2.75, 3.05) is 46.0 Å². The number of piperidine rings is 1. The van der Waals surface area contributed by atoms with Gasteiger partial charge in [0.15, 0.2) is 0 Å². The van der Waals surface area contributed by atoms with Crippen LogP contribution in [0.5, 0.6) is 0 Å². The molecule has 2 saturated heterocycles. The Balaban J connectivity index is 1.83. The summed E-state index contributed by atoms with van der Waals surface area (Å²) >= 11 is 0. The van der Waals surface area contributed by atoms with Crippen LogP contribution in [0.15, 0.2) is 0 Å². The summed E-state index contributed by atoms with van der Waals surface area (Å²) in [7, 11) is -3.43. The van der Waals surface area contributed by atoms with Gasteiger partial charge in [0.05, 0.1) is 25.9 Å². The van der Waals surface area contributed by atoms with Gasteiger partial charge in [0.25, 0.3) is 10.2 Å². The molecule has 2 rings (SSSR count). The summed E-state index contributed by atoms with van der Waals surface area (Å²) in [4.78, 5) is 0. The molecular formula is C11H23N3O4S. The molecule has 2 unspecified atom stereocenters. The Morgan fingerprint density at radius 2 is 2.21 bits per heavy atom. The topological polar surface area (TPSA) is 93.9 Å². The third-order valence-electron chi connectivity index (χ3n) is 3.53. The molecule has 0 radical (unpaired) electrons. The molecule has 3 N–H and O–H groups in total. The standard InChI is InChI=1S/C11H23N3O4S/c12-6-10-2-1-3-14(8-10)19(15,16)13-7-11-9-17-4-5-18-11/h10-11,13H,1-9,12H2. The molecule has 0 saturated carbocycles. The lowest BCUT2D eigenvalue weighted by Crippen LogP contribution is -2.49. The van der Waals surface area contributed by atoms with Crippen molar-refractivity contribution in [1.29, 1.82) is 0 Å². The Bertz CT molecular complexity index is 370. The van der Waals surface area contributed by atoms with Gasteiger partial charge in [-0.15, -0.1) is 0 Å². The number of hydrogen-bond donors (Lipinski definition) is 2. The molecule has 0 spiro atoms. The SMILES string of the molecule is NCC1CCCN(S(=O)(=O)NCC2COCCO2)C1. The smallest absolute Gasteiger partial charge is 0.279 e. The number of nitrogens with two attached hydrogens (primary N) is 1. The van der Waals surface area contributed by atoms with E-state index in [1.54, 1.807) is 0 Å². The lowest BCUT2D eigenvalue weighted by Gasteiger charge is -2.32. The van der Waals surface area contributed by atoms with E-state index in [9.17, 15) is 8.42 Å². The van der Waals surface area contributed by atoms with Crippen molar-refractivity contribution in [3.05, 3.63) is 0 Å². The summed E-state index contributed by atoms with van der Waals surface area (Å²) in [6.07, 6.45) is 1.67. The summed E-state index contributed by atoms with van der Waals surface area (Å²) in [5.74, 6) is 0.264. The molecule has 2 aliphatic rings. The molecule has 0 aromatic carbocycles. The summed E-state index contributed by atoms with van der Waals surface area (Å²) in [6, 6.07) is 0. The molecule has 2 aliphatic heterocycles. The second-order valence-electron chi connectivity index (χ2n) is 5.02. The number of ether oxygens (including phenoxy) is 2. The van der Waals surface area contributed by atoms with Crippen molar-refractivity contribution >= 4 is 10.2 Å². The van der Waals surface area contributed by atoms with E-state index in [1.807, 2.05) is 0 Å². The Hall–Kier alpha value is -0.250. The molecule has 0 amide bonds. The maximum absolute atomic E-state index is 12.2. The zero-order chi connectivity index (χ0) is 13.7. The van der Waals surface area contributed by atoms with Gasteiger partial charge >= 0.3 is 0 Å². The van der Waals surface area contributed by atoms with Gasteiger partial charge in [-0.25, -0.2) is 0 Å². The maximum atomic E-state index is 12.2. The van der Waals surface area contributed by atoms with E-state index < -0.39 is 10.2 Å². The summed E-state index contributed by atoms with van der Waals surface area (Å²) in [5, 5.41) is 0. The molecular weight excluding hydrogens is 270 g/mol. The van der Waals surface area contributed by atoms with Crippen LogP contribution in [0.1, 0.15) is 12.8 Å². The van der Waals surface area contributed by atoms with Crippen molar-refractivity contribution in [2.24, 2.45) is 11.7 Å². The van der Waals surface area contributed by atoms with Crippen molar-refractivity contribution in [3.63, 3.8) is 0 Å². The summed E-state index contributed by atoms with van der Waals surface area (Å²) in [6.45, 7) is 3.40. The van der Waals surface area contributed by atoms with E-state index >= 15 is 0 Å². The van der Waals surface area contributed by atoms with Crippen LogP contribution < -0.4 is 10.5 Å². The largest absolute Gasteiger partial charge is 0.376 e. The van der Waals surface area contributed by atoms with Crippen molar-refractivity contribution in [3.8, 4) is 0 Å². The van der Waals surface area contributed by atoms with Crippen LogP contribution in [0.3, 0.4) is 0 Å². The van der Waals surface area contributed by atoms with Crippen LogP contribution in [0.25, 0.3) is 0 Å². The van der Waals surface area contributed by atoms with E-state index in [-0.39, 0.29) is 18.6 Å². The number of nitrogens with one attached hydrogen (secondary N) is 1. The van der Waals surface area contributed by atoms with Gasteiger partial charge in [0.2, 0.25) is 0 Å². The number of hydrogen-bond acceptors (Lipinski definition) is 5. The molecule has 2 heterocycles. The fourth-order valence-corrected chi connectivity index (χ4v) is 3.74. The Morgan fingerprint density at radius 3 is 2.89 bits per heavy atom. The number of nitrogens with zero attached hydrogens (tertiary/aromatic N) is 1. The monoisotopic (exact) mass is 293 g/mol. The normalized spacial score (nSPS) is 30.4. The van der Waals surface area contributed by atoms with Gasteiger partial charge in [-0.3, -0.25) is 0 Å². The van der Waals surface area contributed by atoms with E-state index in [1.165, 1.54) is 4.31 Å². The lowest BCUT2D eigenvalue weighted by molar-refractivity contribution is -0.0847. The second-order valence-corrected chi connectivity index (χ2v) is 6.78. The van der Waals surface area contributed by atoms with Crippen LogP contribution in [0.4, 0.5) is 0 Å². The van der Waals surface area contributed by atoms with Gasteiger partial charge in [-0.1, -0.05) is 0 Å². The molecule has 2 fully saturated rings. The van der Waals surface area contributed by atoms with E-state index in [0.717, 1.165) is 12.8 Å². The molecule has 2 atom stereocenters. The average Bonchev–Trinajstić information content (AvgIpc) is 2.46. The maximum Gasteiger partial charge on any atom is 0.279 e. The number of rotatable bonds is 5. The molecule has 0 aromatic heterocycles. The van der Waals surface area contributed by atoms with Crippen molar-refractivity contribution in [2.45, 2.75) is 18.9 Å². The fraction of sp³-hybridized carbons (Fsp3) is 1.00. The second kappa shape index (κ2) is 6.96. The first-order valence-electron chi connectivity index (χ1n) is 6.76. The molecule has 8 heteroatoms. The van der Waals surface area contributed by atoms with Gasteiger partial charge in [-0.2, -0.15) is 17.4 Å². The highest BCUT2D eigenvalue weighted by atomic mass is 32.2. The first kappa shape index (κ1) is 15.1. The van der Waals surface area contributed by atoms with Crippen LogP contribution in [0, 0.1) is 5.92 Å². The first-order chi connectivity index (χ1) is 9.12. The minimum Gasteiger partial charge on any atom is -0.376 e. The predicted molar refractivity (Wildman–Crippen MR) is 70.8 cm³/mol. The zero-order valence-electron chi connectivity index (χ0n) is 11.1. The van der Waals surface area contributed by atoms with Crippen LogP contribution in [-0.4, -0.2) is 64.8 Å². The van der Waals surface area contributed by atoms with Crippen LogP contribution in [-0.2, 0) is 19.7 Å². The average molecular weight is 293 g/mol. The van der Waals surface area contributed by atoms with Crippen molar-refractivity contribution in [1.82, 2.24) is 9.03 Å². The fourth-order valence-electron chi connectivity index (χ4n) is 2.38. The molecule has 112 valence electrons. The van der Waals surface area contributed by atoms with Crippen LogP contribution in [0.2, 0.25) is 0 Å². The van der Waals surface area contributed by atoms with E-state index in [2.05, 4.69) is 4.72 Å². The van der Waals surface area contributed by atoms with E-state index in [0.29, 0.717) is 39.5 Å². The van der Waals surface area contributed by atoms with Gasteiger partial charge < -0.3 is 15.2 Å². The lowest BCUT2D eigenvalue weighted by atomic mass is 10.0. The quantitative estimate of drug-likeness (QED) is 0.671. The third kappa shape index (κ3) is 4.37. The molecule has 0 aromatic rings. The van der Waals surface area contributed by atoms with E-state index in [4.69, 9.17) is 15.2 Å². The highest BCUT2D eigenvalue weighted by Crippen LogP contribution is 2.17. The molecule has 19 heavy (non-hydrogen) atoms. The first-order valence-corrected chi connectivity index (χ1v) is 8.20. The zero-order valence-corrected chi connectivity index (χ0v) is 11.9. The van der Waals surface area contributed by atoms with Gasteiger partial charge in [0, 0.05) is 19.6 Å². The third-order valence-corrected chi connectivity index (χ3v) is 5.08. The molecule has 0 bridgehead atoms. The Kier molecular flexibility index (Phi) is 5.55. The van der Waals surface area contributed by atoms with Gasteiger partial charge in [0.1, 0.15) is 0 Å².